The lowest BCUT2D eigenvalue weighted by molar-refractivity contribution is 0.147. The van der Waals surface area contributed by atoms with Crippen molar-refractivity contribution in [2.45, 2.75) is 13.3 Å². The Balaban J connectivity index is 1.97. The Morgan fingerprint density at radius 2 is 1.91 bits per heavy atom. The number of amides is 2. The lowest BCUT2D eigenvalue weighted by Gasteiger charge is -2.34. The van der Waals surface area contributed by atoms with Gasteiger partial charge in [-0.05, 0) is 25.1 Å². The highest BCUT2D eigenvalue weighted by molar-refractivity contribution is 5.91. The number of piperazine rings is 1. The van der Waals surface area contributed by atoms with E-state index in [4.69, 9.17) is 9.47 Å². The number of rotatable bonds is 5. The van der Waals surface area contributed by atoms with Crippen LogP contribution in [0.2, 0.25) is 0 Å². The fourth-order valence-electron chi connectivity index (χ4n) is 2.60. The van der Waals surface area contributed by atoms with Gasteiger partial charge in [0.1, 0.15) is 11.5 Å². The zero-order valence-corrected chi connectivity index (χ0v) is 13.6. The van der Waals surface area contributed by atoms with Crippen LogP contribution in [0.3, 0.4) is 0 Å². The van der Waals surface area contributed by atoms with Crippen LogP contribution in [0.4, 0.5) is 10.5 Å². The Hall–Kier alpha value is -1.95. The van der Waals surface area contributed by atoms with Crippen LogP contribution in [0.15, 0.2) is 18.2 Å². The molecule has 122 valence electrons. The van der Waals surface area contributed by atoms with Crippen LogP contribution >= 0.6 is 0 Å². The molecule has 0 aliphatic carbocycles. The maximum absolute atomic E-state index is 12.4. The molecule has 0 unspecified atom stereocenters. The zero-order chi connectivity index (χ0) is 15.9. The summed E-state index contributed by atoms with van der Waals surface area (Å²) in [5, 5.41) is 2.92. The van der Waals surface area contributed by atoms with Gasteiger partial charge in [-0.25, -0.2) is 4.79 Å². The molecule has 0 bridgehead atoms. The van der Waals surface area contributed by atoms with Gasteiger partial charge in [-0.1, -0.05) is 6.92 Å². The van der Waals surface area contributed by atoms with Gasteiger partial charge in [0.15, 0.2) is 0 Å². The monoisotopic (exact) mass is 307 g/mol. The van der Waals surface area contributed by atoms with Crippen molar-refractivity contribution >= 4 is 11.7 Å². The Bertz CT molecular complexity index is 499. The van der Waals surface area contributed by atoms with Gasteiger partial charge in [0.2, 0.25) is 0 Å². The van der Waals surface area contributed by atoms with E-state index >= 15 is 0 Å². The molecule has 1 saturated heterocycles. The van der Waals surface area contributed by atoms with Gasteiger partial charge in [-0.2, -0.15) is 0 Å². The maximum Gasteiger partial charge on any atom is 0.322 e. The summed E-state index contributed by atoms with van der Waals surface area (Å²) < 4.78 is 10.5. The molecular formula is C16H25N3O3. The van der Waals surface area contributed by atoms with Crippen LogP contribution < -0.4 is 14.8 Å². The quantitative estimate of drug-likeness (QED) is 0.906. The predicted molar refractivity (Wildman–Crippen MR) is 86.9 cm³/mol. The predicted octanol–water partition coefficient (Wildman–Crippen LogP) is 2.26. The van der Waals surface area contributed by atoms with Gasteiger partial charge in [0.05, 0.1) is 19.9 Å². The SMILES string of the molecule is CCCN1CCN(C(=O)Nc2cc(OC)ccc2OC)CC1. The van der Waals surface area contributed by atoms with Crippen LogP contribution in [0.5, 0.6) is 11.5 Å². The number of nitrogens with one attached hydrogen (secondary N) is 1. The average molecular weight is 307 g/mol. The maximum atomic E-state index is 12.4. The standard InChI is InChI=1S/C16H25N3O3/c1-4-7-18-8-10-19(11-9-18)16(20)17-14-12-13(21-2)5-6-15(14)22-3/h5-6,12H,4,7-11H2,1-3H3,(H,17,20). The number of benzene rings is 1. The second-order valence-electron chi connectivity index (χ2n) is 5.33. The highest BCUT2D eigenvalue weighted by Gasteiger charge is 2.21. The van der Waals surface area contributed by atoms with Crippen LogP contribution in [0.1, 0.15) is 13.3 Å². The Morgan fingerprint density at radius 3 is 2.50 bits per heavy atom. The fourth-order valence-corrected chi connectivity index (χ4v) is 2.60. The fraction of sp³-hybridized carbons (Fsp3) is 0.562. The number of carbonyl (C=O) groups excluding carboxylic acids is 1. The number of methoxy groups -OCH3 is 2. The van der Waals surface area contributed by atoms with Gasteiger partial charge in [-0.15, -0.1) is 0 Å². The van der Waals surface area contributed by atoms with Crippen molar-refractivity contribution in [1.82, 2.24) is 9.80 Å². The third kappa shape index (κ3) is 4.04. The molecule has 6 heteroatoms. The second-order valence-corrected chi connectivity index (χ2v) is 5.33. The van der Waals surface area contributed by atoms with Gasteiger partial charge >= 0.3 is 6.03 Å². The summed E-state index contributed by atoms with van der Waals surface area (Å²) in [5.74, 6) is 1.31. The van der Waals surface area contributed by atoms with Gasteiger partial charge in [0.25, 0.3) is 0 Å². The van der Waals surface area contributed by atoms with Crippen molar-refractivity contribution in [2.75, 3.05) is 52.3 Å². The first-order valence-corrected chi connectivity index (χ1v) is 7.68. The van der Waals surface area contributed by atoms with E-state index in [1.165, 1.54) is 0 Å². The van der Waals surface area contributed by atoms with Gasteiger partial charge in [0, 0.05) is 32.2 Å². The molecule has 0 saturated carbocycles. The minimum atomic E-state index is -0.0947. The van der Waals surface area contributed by atoms with Gasteiger partial charge < -0.3 is 19.7 Å². The second kappa shape index (κ2) is 7.89. The molecule has 1 fully saturated rings. The normalized spacial score (nSPS) is 15.5. The first-order valence-electron chi connectivity index (χ1n) is 7.68. The van der Waals surface area contributed by atoms with Crippen molar-refractivity contribution in [3.8, 4) is 11.5 Å². The highest BCUT2D eigenvalue weighted by Crippen LogP contribution is 2.29. The van der Waals surface area contributed by atoms with Crippen LogP contribution in [0.25, 0.3) is 0 Å². The zero-order valence-electron chi connectivity index (χ0n) is 13.6. The highest BCUT2D eigenvalue weighted by atomic mass is 16.5. The molecule has 22 heavy (non-hydrogen) atoms. The average Bonchev–Trinajstić information content (AvgIpc) is 2.55. The van der Waals surface area contributed by atoms with Crippen molar-refractivity contribution in [3.63, 3.8) is 0 Å². The molecule has 0 aromatic heterocycles. The Labute approximate surface area is 132 Å². The summed E-state index contributed by atoms with van der Waals surface area (Å²) in [4.78, 5) is 16.6. The lowest BCUT2D eigenvalue weighted by Crippen LogP contribution is -2.50. The largest absolute Gasteiger partial charge is 0.497 e. The molecule has 6 nitrogen and oxygen atoms in total. The molecule has 0 atom stereocenters. The topological polar surface area (TPSA) is 54.0 Å². The van der Waals surface area contributed by atoms with Crippen LogP contribution in [-0.4, -0.2) is 62.8 Å². The number of ether oxygens (including phenoxy) is 2. The van der Waals surface area contributed by atoms with E-state index in [9.17, 15) is 4.79 Å². The van der Waals surface area contributed by atoms with E-state index in [1.54, 1.807) is 32.4 Å². The molecule has 1 aliphatic heterocycles. The number of nitrogens with zero attached hydrogens (tertiary/aromatic N) is 2. The molecular weight excluding hydrogens is 282 g/mol. The molecule has 0 spiro atoms. The number of urea groups is 1. The van der Waals surface area contributed by atoms with Crippen LogP contribution in [-0.2, 0) is 0 Å². The summed E-state index contributed by atoms with van der Waals surface area (Å²) in [5.41, 5.74) is 0.628. The number of carbonyl (C=O) groups is 1. The number of hydrogen-bond acceptors (Lipinski definition) is 4. The summed E-state index contributed by atoms with van der Waals surface area (Å²) >= 11 is 0. The van der Waals surface area contributed by atoms with E-state index < -0.39 is 0 Å². The molecule has 1 aromatic rings. The van der Waals surface area contributed by atoms with E-state index in [-0.39, 0.29) is 6.03 Å². The Morgan fingerprint density at radius 1 is 1.18 bits per heavy atom. The number of anilines is 1. The van der Waals surface area contributed by atoms with Crippen molar-refractivity contribution in [2.24, 2.45) is 0 Å². The molecule has 1 aromatic carbocycles. The first-order chi connectivity index (χ1) is 10.7. The smallest absolute Gasteiger partial charge is 0.322 e. The van der Waals surface area contributed by atoms with Crippen molar-refractivity contribution in [1.29, 1.82) is 0 Å². The van der Waals surface area contributed by atoms with Crippen LogP contribution in [0, 0.1) is 0 Å². The summed E-state index contributed by atoms with van der Waals surface area (Å²) in [6.45, 7) is 6.62. The van der Waals surface area contributed by atoms with E-state index in [0.717, 1.165) is 39.1 Å². The minimum absolute atomic E-state index is 0.0947. The van der Waals surface area contributed by atoms with Gasteiger partial charge in [-0.3, -0.25) is 4.90 Å². The molecule has 2 rings (SSSR count). The van der Waals surface area contributed by atoms with Crippen molar-refractivity contribution in [3.05, 3.63) is 18.2 Å². The first kappa shape index (κ1) is 16.4. The molecule has 1 aliphatic rings. The molecule has 1 heterocycles. The Kier molecular flexibility index (Phi) is 5.89. The van der Waals surface area contributed by atoms with Crippen molar-refractivity contribution < 1.29 is 14.3 Å². The minimum Gasteiger partial charge on any atom is -0.497 e. The van der Waals surface area contributed by atoms with E-state index in [2.05, 4.69) is 17.1 Å². The molecule has 2 amide bonds. The summed E-state index contributed by atoms with van der Waals surface area (Å²) in [6, 6.07) is 5.26. The van der Waals surface area contributed by atoms with E-state index in [0.29, 0.717) is 17.2 Å². The van der Waals surface area contributed by atoms with E-state index in [1.807, 2.05) is 4.90 Å². The molecule has 0 radical (unpaired) electrons. The summed E-state index contributed by atoms with van der Waals surface area (Å²) in [6.07, 6.45) is 1.15. The third-order valence-corrected chi connectivity index (χ3v) is 3.85. The third-order valence-electron chi connectivity index (χ3n) is 3.85. The lowest BCUT2D eigenvalue weighted by atomic mass is 10.2. The molecule has 1 N–H and O–H groups in total. The number of hydrogen-bond donors (Lipinski definition) is 1. The summed E-state index contributed by atoms with van der Waals surface area (Å²) in [7, 11) is 3.18.